The smallest absolute Gasteiger partial charge is 0.258 e. The number of piperidine rings is 1. The van der Waals surface area contributed by atoms with Crippen LogP contribution in [0.15, 0.2) is 48.5 Å². The van der Waals surface area contributed by atoms with E-state index in [0.717, 1.165) is 48.4 Å². The number of rotatable bonds is 4. The van der Waals surface area contributed by atoms with Gasteiger partial charge in [0.05, 0.1) is 11.3 Å². The number of fused-ring (bicyclic) bond motifs is 1. The van der Waals surface area contributed by atoms with Crippen molar-refractivity contribution < 1.29 is 9.59 Å². The Bertz CT molecular complexity index is 960. The van der Waals surface area contributed by atoms with Crippen LogP contribution >= 0.6 is 0 Å². The number of carbonyl (C=O) groups excluding carboxylic acids is 2. The van der Waals surface area contributed by atoms with Crippen LogP contribution in [0, 0.1) is 0 Å². The second-order valence-corrected chi connectivity index (χ2v) is 7.63. The van der Waals surface area contributed by atoms with Crippen molar-refractivity contribution in [3.8, 4) is 0 Å². The van der Waals surface area contributed by atoms with Crippen molar-refractivity contribution in [3.05, 3.63) is 65.2 Å². The van der Waals surface area contributed by atoms with Gasteiger partial charge in [-0.05, 0) is 56.7 Å². The zero-order valence-electron chi connectivity index (χ0n) is 16.8. The SMILES string of the molecule is CNC(=O)c1ccc2c(c1)C(=C(NC1CCN(C)CC1)c1ccccc1)C(=O)N2. The molecule has 2 heterocycles. The fourth-order valence-corrected chi connectivity index (χ4v) is 3.96. The molecule has 0 aromatic heterocycles. The number of amides is 2. The molecule has 6 nitrogen and oxygen atoms in total. The molecule has 0 unspecified atom stereocenters. The lowest BCUT2D eigenvalue weighted by molar-refractivity contribution is -0.110. The summed E-state index contributed by atoms with van der Waals surface area (Å²) < 4.78 is 0. The molecule has 0 radical (unpaired) electrons. The second-order valence-electron chi connectivity index (χ2n) is 7.63. The molecule has 29 heavy (non-hydrogen) atoms. The number of anilines is 1. The van der Waals surface area contributed by atoms with Gasteiger partial charge in [-0.25, -0.2) is 0 Å². The number of hydrogen-bond acceptors (Lipinski definition) is 4. The Balaban J connectivity index is 1.81. The van der Waals surface area contributed by atoms with Gasteiger partial charge in [-0.3, -0.25) is 9.59 Å². The van der Waals surface area contributed by atoms with Crippen LogP contribution < -0.4 is 16.0 Å². The molecular formula is C23H26N4O2. The summed E-state index contributed by atoms with van der Waals surface area (Å²) in [5.41, 5.74) is 4.41. The highest BCUT2D eigenvalue weighted by Crippen LogP contribution is 2.37. The van der Waals surface area contributed by atoms with Gasteiger partial charge in [0.25, 0.3) is 11.8 Å². The zero-order valence-corrected chi connectivity index (χ0v) is 16.8. The van der Waals surface area contributed by atoms with E-state index in [2.05, 4.69) is 27.9 Å². The third-order valence-corrected chi connectivity index (χ3v) is 5.63. The number of likely N-dealkylation sites (tertiary alicyclic amines) is 1. The summed E-state index contributed by atoms with van der Waals surface area (Å²) in [7, 11) is 3.74. The highest BCUT2D eigenvalue weighted by atomic mass is 16.2. The Labute approximate surface area is 171 Å². The minimum atomic E-state index is -0.170. The molecule has 2 aromatic carbocycles. The summed E-state index contributed by atoms with van der Waals surface area (Å²) in [6, 6.07) is 15.6. The van der Waals surface area contributed by atoms with Crippen LogP contribution in [0.1, 0.15) is 34.3 Å². The number of nitrogens with zero attached hydrogens (tertiary/aromatic N) is 1. The molecule has 3 N–H and O–H groups in total. The van der Waals surface area contributed by atoms with Crippen molar-refractivity contribution in [2.45, 2.75) is 18.9 Å². The van der Waals surface area contributed by atoms with Crippen molar-refractivity contribution in [2.24, 2.45) is 0 Å². The Kier molecular flexibility index (Phi) is 5.36. The van der Waals surface area contributed by atoms with Crippen LogP contribution in [0.3, 0.4) is 0 Å². The third-order valence-electron chi connectivity index (χ3n) is 5.63. The van der Waals surface area contributed by atoms with Gasteiger partial charge >= 0.3 is 0 Å². The molecule has 0 bridgehead atoms. The quantitative estimate of drug-likeness (QED) is 0.702. The van der Waals surface area contributed by atoms with E-state index in [-0.39, 0.29) is 11.8 Å². The van der Waals surface area contributed by atoms with E-state index in [1.54, 1.807) is 25.2 Å². The van der Waals surface area contributed by atoms with Crippen LogP contribution in [0.4, 0.5) is 5.69 Å². The van der Waals surface area contributed by atoms with Gasteiger partial charge < -0.3 is 20.9 Å². The molecule has 0 spiro atoms. The summed E-state index contributed by atoms with van der Waals surface area (Å²) in [4.78, 5) is 27.4. The van der Waals surface area contributed by atoms with Crippen molar-refractivity contribution >= 4 is 28.8 Å². The maximum atomic E-state index is 13.0. The van der Waals surface area contributed by atoms with Crippen LogP contribution in [0.2, 0.25) is 0 Å². The van der Waals surface area contributed by atoms with Crippen LogP contribution in [-0.4, -0.2) is 49.9 Å². The standard InChI is InChI=1S/C23H26N4O2/c1-24-22(28)16-8-9-19-18(14-16)20(23(29)26-19)21(15-6-4-3-5-7-15)25-17-10-12-27(2)13-11-17/h3-9,14,17,25H,10-13H2,1-2H3,(H,24,28)(H,26,29). The number of carbonyl (C=O) groups is 2. The first-order valence-electron chi connectivity index (χ1n) is 9.99. The molecule has 6 heteroatoms. The van der Waals surface area contributed by atoms with Crippen molar-refractivity contribution in [3.63, 3.8) is 0 Å². The minimum absolute atomic E-state index is 0.145. The molecule has 0 atom stereocenters. The van der Waals surface area contributed by atoms with Crippen molar-refractivity contribution in [2.75, 3.05) is 32.5 Å². The van der Waals surface area contributed by atoms with E-state index < -0.39 is 0 Å². The van der Waals surface area contributed by atoms with Gasteiger partial charge in [0.15, 0.2) is 0 Å². The van der Waals surface area contributed by atoms with E-state index in [1.165, 1.54) is 0 Å². The first-order valence-corrected chi connectivity index (χ1v) is 9.99. The van der Waals surface area contributed by atoms with Gasteiger partial charge in [0, 0.05) is 29.9 Å². The normalized spacial score (nSPS) is 18.8. The third kappa shape index (κ3) is 3.89. The number of hydrogen-bond donors (Lipinski definition) is 3. The lowest BCUT2D eigenvalue weighted by Gasteiger charge is -2.31. The molecule has 1 saturated heterocycles. The monoisotopic (exact) mass is 390 g/mol. The predicted molar refractivity (Wildman–Crippen MR) is 115 cm³/mol. The zero-order chi connectivity index (χ0) is 20.4. The molecule has 150 valence electrons. The van der Waals surface area contributed by atoms with Crippen LogP contribution in [-0.2, 0) is 4.79 Å². The second kappa shape index (κ2) is 8.09. The van der Waals surface area contributed by atoms with E-state index in [9.17, 15) is 9.59 Å². The number of benzene rings is 2. The van der Waals surface area contributed by atoms with Crippen LogP contribution in [0.5, 0.6) is 0 Å². The topological polar surface area (TPSA) is 73.5 Å². The molecule has 4 rings (SSSR count). The maximum absolute atomic E-state index is 13.0. The molecule has 0 aliphatic carbocycles. The predicted octanol–water partition coefficient (Wildman–Crippen LogP) is 2.55. The van der Waals surface area contributed by atoms with Crippen LogP contribution in [0.25, 0.3) is 11.3 Å². The molecule has 1 fully saturated rings. The maximum Gasteiger partial charge on any atom is 0.258 e. The van der Waals surface area contributed by atoms with E-state index >= 15 is 0 Å². The molecule has 0 saturated carbocycles. The fourth-order valence-electron chi connectivity index (χ4n) is 3.96. The molecule has 2 aromatic rings. The van der Waals surface area contributed by atoms with Gasteiger partial charge in [-0.2, -0.15) is 0 Å². The summed E-state index contributed by atoms with van der Waals surface area (Å²) >= 11 is 0. The molecular weight excluding hydrogens is 364 g/mol. The molecule has 2 aliphatic heterocycles. The highest BCUT2D eigenvalue weighted by molar-refractivity contribution is 6.36. The summed E-state index contributed by atoms with van der Waals surface area (Å²) in [6.07, 6.45) is 2.04. The van der Waals surface area contributed by atoms with Crippen molar-refractivity contribution in [1.82, 2.24) is 15.5 Å². The van der Waals surface area contributed by atoms with E-state index in [4.69, 9.17) is 0 Å². The Morgan fingerprint density at radius 1 is 1.07 bits per heavy atom. The first-order chi connectivity index (χ1) is 14.1. The summed E-state index contributed by atoms with van der Waals surface area (Å²) in [5, 5.41) is 9.26. The Morgan fingerprint density at radius 3 is 2.48 bits per heavy atom. The highest BCUT2D eigenvalue weighted by Gasteiger charge is 2.30. The first kappa shape index (κ1) is 19.2. The average Bonchev–Trinajstić information content (AvgIpc) is 3.08. The largest absolute Gasteiger partial charge is 0.381 e. The number of nitrogens with one attached hydrogen (secondary N) is 3. The van der Waals surface area contributed by atoms with Crippen molar-refractivity contribution in [1.29, 1.82) is 0 Å². The van der Waals surface area contributed by atoms with Gasteiger partial charge in [-0.1, -0.05) is 30.3 Å². The molecule has 2 aliphatic rings. The fraction of sp³-hybridized carbons (Fsp3) is 0.304. The molecule has 2 amide bonds. The van der Waals surface area contributed by atoms with E-state index in [1.807, 2.05) is 30.3 Å². The lowest BCUT2D eigenvalue weighted by Crippen LogP contribution is -2.40. The van der Waals surface area contributed by atoms with E-state index in [0.29, 0.717) is 17.2 Å². The van der Waals surface area contributed by atoms with Gasteiger partial charge in [0.2, 0.25) is 0 Å². The summed E-state index contributed by atoms with van der Waals surface area (Å²) in [5.74, 6) is -0.315. The lowest BCUT2D eigenvalue weighted by atomic mass is 9.96. The Hall–Kier alpha value is -3.12. The Morgan fingerprint density at radius 2 is 1.79 bits per heavy atom. The summed E-state index contributed by atoms with van der Waals surface area (Å²) in [6.45, 7) is 2.05. The minimum Gasteiger partial charge on any atom is -0.381 e. The van der Waals surface area contributed by atoms with Gasteiger partial charge in [-0.15, -0.1) is 0 Å². The van der Waals surface area contributed by atoms with Gasteiger partial charge in [0.1, 0.15) is 0 Å². The average molecular weight is 390 g/mol.